The lowest BCUT2D eigenvalue weighted by Gasteiger charge is -2.35. The number of fused-ring (bicyclic) bond motifs is 3. The van der Waals surface area contributed by atoms with E-state index in [1.54, 1.807) is 13.0 Å². The van der Waals surface area contributed by atoms with Crippen LogP contribution in [0.15, 0.2) is 12.2 Å². The van der Waals surface area contributed by atoms with Gasteiger partial charge in [-0.3, -0.25) is 0 Å². The summed E-state index contributed by atoms with van der Waals surface area (Å²) in [6.45, 7) is 9.41. The molecule has 3 rings (SSSR count). The average Bonchev–Trinajstić information content (AvgIpc) is 2.90. The number of rotatable bonds is 3. The standard InChI is InChI=1S/C16H24O7/c1-6-18-10(17)8-7-9-11-12(21-15(2,3)20-11)13-14(19-9)23-16(4,5)22-13/h7-9,11-14H,6H2,1-5H3/b8-7+/t9?,11-,12?,13?,14+/m0/s1. The average molecular weight is 328 g/mol. The molecule has 0 saturated carbocycles. The summed E-state index contributed by atoms with van der Waals surface area (Å²) in [7, 11) is 0. The highest BCUT2D eigenvalue weighted by Gasteiger charge is 2.60. The normalized spacial score (nSPS) is 40.8. The lowest BCUT2D eigenvalue weighted by atomic mass is 9.98. The van der Waals surface area contributed by atoms with Crippen LogP contribution in [0.2, 0.25) is 0 Å². The maximum Gasteiger partial charge on any atom is 0.330 e. The van der Waals surface area contributed by atoms with Crippen molar-refractivity contribution in [3.63, 3.8) is 0 Å². The Kier molecular flexibility index (Phi) is 4.27. The molecule has 130 valence electrons. The second-order valence-electron chi connectivity index (χ2n) is 6.75. The van der Waals surface area contributed by atoms with Gasteiger partial charge in [-0.1, -0.05) is 0 Å². The highest BCUT2D eigenvalue weighted by atomic mass is 16.9. The summed E-state index contributed by atoms with van der Waals surface area (Å²) < 4.78 is 34.5. The summed E-state index contributed by atoms with van der Waals surface area (Å²) >= 11 is 0. The molecule has 3 aliphatic heterocycles. The minimum absolute atomic E-state index is 0.323. The number of carbonyl (C=O) groups is 1. The number of hydrogen-bond acceptors (Lipinski definition) is 7. The molecule has 0 N–H and O–H groups in total. The molecule has 0 aromatic rings. The molecule has 7 nitrogen and oxygen atoms in total. The Hall–Kier alpha value is -0.990. The van der Waals surface area contributed by atoms with Crippen LogP contribution in [0.25, 0.3) is 0 Å². The molecular formula is C16H24O7. The third-order valence-corrected chi connectivity index (χ3v) is 3.90. The van der Waals surface area contributed by atoms with Gasteiger partial charge in [0.25, 0.3) is 0 Å². The molecule has 23 heavy (non-hydrogen) atoms. The fourth-order valence-electron chi connectivity index (χ4n) is 3.16. The van der Waals surface area contributed by atoms with Crippen molar-refractivity contribution in [3.05, 3.63) is 12.2 Å². The molecule has 0 amide bonds. The van der Waals surface area contributed by atoms with Crippen molar-refractivity contribution in [3.8, 4) is 0 Å². The smallest absolute Gasteiger partial charge is 0.330 e. The molecule has 0 bridgehead atoms. The Morgan fingerprint density at radius 3 is 2.30 bits per heavy atom. The summed E-state index contributed by atoms with van der Waals surface area (Å²) in [6, 6.07) is 0. The van der Waals surface area contributed by atoms with Crippen LogP contribution >= 0.6 is 0 Å². The first-order valence-corrected chi connectivity index (χ1v) is 7.92. The van der Waals surface area contributed by atoms with Gasteiger partial charge in [-0.05, 0) is 40.7 Å². The van der Waals surface area contributed by atoms with Gasteiger partial charge in [0.1, 0.15) is 24.4 Å². The van der Waals surface area contributed by atoms with Crippen LogP contribution in [-0.4, -0.2) is 54.9 Å². The van der Waals surface area contributed by atoms with E-state index >= 15 is 0 Å². The van der Waals surface area contributed by atoms with Crippen LogP contribution in [0.4, 0.5) is 0 Å². The molecule has 3 heterocycles. The van der Waals surface area contributed by atoms with E-state index in [4.69, 9.17) is 28.4 Å². The zero-order valence-corrected chi connectivity index (χ0v) is 14.1. The topological polar surface area (TPSA) is 72.5 Å². The Balaban J connectivity index is 1.80. The van der Waals surface area contributed by atoms with Gasteiger partial charge in [0.05, 0.1) is 6.61 Å². The predicted octanol–water partition coefficient (Wildman–Crippen LogP) is 1.50. The fourth-order valence-corrected chi connectivity index (χ4v) is 3.16. The molecule has 3 saturated heterocycles. The minimum atomic E-state index is -0.754. The molecule has 0 radical (unpaired) electrons. The van der Waals surface area contributed by atoms with Crippen LogP contribution in [0, 0.1) is 0 Å². The van der Waals surface area contributed by atoms with Gasteiger partial charge in [-0.2, -0.15) is 0 Å². The third-order valence-electron chi connectivity index (χ3n) is 3.90. The van der Waals surface area contributed by atoms with Gasteiger partial charge in [0, 0.05) is 6.08 Å². The van der Waals surface area contributed by atoms with Crippen molar-refractivity contribution in [2.75, 3.05) is 6.61 Å². The largest absolute Gasteiger partial charge is 0.463 e. The number of carbonyl (C=O) groups excluding carboxylic acids is 1. The fraction of sp³-hybridized carbons (Fsp3) is 0.812. The van der Waals surface area contributed by atoms with E-state index in [-0.39, 0.29) is 18.3 Å². The predicted molar refractivity (Wildman–Crippen MR) is 78.3 cm³/mol. The zero-order valence-electron chi connectivity index (χ0n) is 14.1. The molecule has 0 spiro atoms. The summed E-state index contributed by atoms with van der Waals surface area (Å²) in [4.78, 5) is 11.5. The van der Waals surface area contributed by atoms with Crippen LogP contribution in [0.3, 0.4) is 0 Å². The molecule has 0 aromatic carbocycles. The summed E-state index contributed by atoms with van der Waals surface area (Å²) in [5.74, 6) is -1.92. The van der Waals surface area contributed by atoms with E-state index in [1.807, 2.05) is 27.7 Å². The van der Waals surface area contributed by atoms with Crippen molar-refractivity contribution < 1.29 is 33.2 Å². The number of ether oxygens (including phenoxy) is 6. The maximum atomic E-state index is 11.5. The maximum absolute atomic E-state index is 11.5. The van der Waals surface area contributed by atoms with E-state index in [2.05, 4.69) is 0 Å². The summed E-state index contributed by atoms with van der Waals surface area (Å²) in [5, 5.41) is 0. The first-order valence-electron chi connectivity index (χ1n) is 7.92. The summed E-state index contributed by atoms with van der Waals surface area (Å²) in [6.07, 6.45) is 0.846. The van der Waals surface area contributed by atoms with Gasteiger partial charge in [-0.25, -0.2) is 4.79 Å². The van der Waals surface area contributed by atoms with Crippen LogP contribution in [-0.2, 0) is 33.2 Å². The van der Waals surface area contributed by atoms with E-state index in [0.717, 1.165) is 0 Å². The molecule has 0 aliphatic carbocycles. The second kappa shape index (κ2) is 5.82. The Morgan fingerprint density at radius 1 is 1.00 bits per heavy atom. The lowest BCUT2D eigenvalue weighted by Crippen LogP contribution is -2.54. The Morgan fingerprint density at radius 2 is 1.61 bits per heavy atom. The van der Waals surface area contributed by atoms with Gasteiger partial charge >= 0.3 is 5.97 Å². The molecule has 3 unspecified atom stereocenters. The van der Waals surface area contributed by atoms with Crippen molar-refractivity contribution in [2.24, 2.45) is 0 Å². The van der Waals surface area contributed by atoms with Crippen molar-refractivity contribution in [1.29, 1.82) is 0 Å². The molecule has 3 aliphatic rings. The van der Waals surface area contributed by atoms with Crippen LogP contribution in [0.5, 0.6) is 0 Å². The van der Waals surface area contributed by atoms with E-state index in [1.165, 1.54) is 6.08 Å². The van der Waals surface area contributed by atoms with Crippen LogP contribution in [0.1, 0.15) is 34.6 Å². The van der Waals surface area contributed by atoms with Gasteiger partial charge in [0.15, 0.2) is 17.9 Å². The second-order valence-corrected chi connectivity index (χ2v) is 6.75. The third kappa shape index (κ3) is 3.44. The molecule has 0 aromatic heterocycles. The molecule has 7 heteroatoms. The zero-order chi connectivity index (χ0) is 16.8. The lowest BCUT2D eigenvalue weighted by molar-refractivity contribution is -0.222. The van der Waals surface area contributed by atoms with Gasteiger partial charge in [-0.15, -0.1) is 0 Å². The van der Waals surface area contributed by atoms with Gasteiger partial charge < -0.3 is 28.4 Å². The SMILES string of the molecule is CCOC(=O)/C=C/C1O[C@@H]2OC(C)(C)OC2C2OC(C)(C)O[C@@H]12. The van der Waals surface area contributed by atoms with Crippen molar-refractivity contribution in [1.82, 2.24) is 0 Å². The highest BCUT2D eigenvalue weighted by Crippen LogP contribution is 2.44. The van der Waals surface area contributed by atoms with E-state index < -0.39 is 29.9 Å². The number of hydrogen-bond donors (Lipinski definition) is 0. The molecular weight excluding hydrogens is 304 g/mol. The van der Waals surface area contributed by atoms with E-state index in [0.29, 0.717) is 6.61 Å². The Labute approximate surface area is 135 Å². The van der Waals surface area contributed by atoms with Gasteiger partial charge in [0.2, 0.25) is 0 Å². The monoisotopic (exact) mass is 328 g/mol. The first-order chi connectivity index (χ1) is 10.7. The summed E-state index contributed by atoms with van der Waals surface area (Å²) in [5.41, 5.74) is 0. The minimum Gasteiger partial charge on any atom is -0.463 e. The van der Waals surface area contributed by atoms with E-state index in [9.17, 15) is 4.79 Å². The van der Waals surface area contributed by atoms with Crippen molar-refractivity contribution >= 4 is 5.97 Å². The number of esters is 1. The molecule has 3 fully saturated rings. The highest BCUT2D eigenvalue weighted by molar-refractivity contribution is 5.81. The van der Waals surface area contributed by atoms with Crippen molar-refractivity contribution in [2.45, 2.75) is 76.9 Å². The molecule has 5 atom stereocenters. The quantitative estimate of drug-likeness (QED) is 0.574. The first kappa shape index (κ1) is 16.9. The van der Waals surface area contributed by atoms with Crippen LogP contribution < -0.4 is 0 Å². The Bertz CT molecular complexity index is 499.